The Labute approximate surface area is 291 Å². The number of anilines is 3. The maximum atomic E-state index is 5.31. The number of rotatable bonds is 3. The lowest BCUT2D eigenvalue weighted by atomic mass is 9.87. The first-order valence-corrected chi connectivity index (χ1v) is 17.6. The standard InChI is InChI=1S/C45H26N4S/c1-2-14-32-27(9-1)22-25-37-40(32)34-16-5-10-28-11-7-18-36(39(28)34)49(37)31-23-20-30(21-24-31)45-47-42-33-15-3-4-19-38(33)50-44(42)43(48-45)35-17-6-12-29-13-8-26-46-41(29)35/h1-26H. The van der Waals surface area contributed by atoms with Gasteiger partial charge in [0.1, 0.15) is 0 Å². The van der Waals surface area contributed by atoms with Gasteiger partial charge < -0.3 is 4.90 Å². The van der Waals surface area contributed by atoms with E-state index in [0.29, 0.717) is 5.82 Å². The zero-order valence-corrected chi connectivity index (χ0v) is 27.5. The molecule has 11 rings (SSSR count). The fourth-order valence-electron chi connectivity index (χ4n) is 7.81. The fraction of sp³-hybridized carbons (Fsp3) is 0. The highest BCUT2D eigenvalue weighted by Crippen LogP contribution is 2.53. The van der Waals surface area contributed by atoms with Crippen LogP contribution in [0.5, 0.6) is 0 Å². The third-order valence-corrected chi connectivity index (χ3v) is 11.2. The van der Waals surface area contributed by atoms with Crippen LogP contribution >= 0.6 is 11.3 Å². The van der Waals surface area contributed by atoms with E-state index >= 15 is 0 Å². The van der Waals surface area contributed by atoms with Crippen molar-refractivity contribution >= 4 is 81.1 Å². The van der Waals surface area contributed by atoms with Crippen LogP contribution in [-0.2, 0) is 0 Å². The number of fused-ring (bicyclic) bond motifs is 8. The Bertz CT molecular complexity index is 2990. The number of hydrogen-bond acceptors (Lipinski definition) is 5. The molecule has 0 radical (unpaired) electrons. The fourth-order valence-corrected chi connectivity index (χ4v) is 8.96. The average Bonchev–Trinajstić information content (AvgIpc) is 3.56. The molecular weight excluding hydrogens is 629 g/mol. The van der Waals surface area contributed by atoms with Gasteiger partial charge in [-0.15, -0.1) is 11.3 Å². The topological polar surface area (TPSA) is 41.9 Å². The number of thiophene rings is 1. The molecule has 232 valence electrons. The van der Waals surface area contributed by atoms with Crippen molar-refractivity contribution in [1.82, 2.24) is 15.0 Å². The van der Waals surface area contributed by atoms with Gasteiger partial charge in [0, 0.05) is 49.4 Å². The van der Waals surface area contributed by atoms with Crippen molar-refractivity contribution in [1.29, 1.82) is 0 Å². The highest BCUT2D eigenvalue weighted by molar-refractivity contribution is 7.26. The average molecular weight is 655 g/mol. The zero-order chi connectivity index (χ0) is 32.8. The van der Waals surface area contributed by atoms with E-state index in [0.717, 1.165) is 49.0 Å². The molecule has 0 N–H and O–H groups in total. The summed E-state index contributed by atoms with van der Waals surface area (Å²) in [4.78, 5) is 17.7. The third-order valence-electron chi connectivity index (χ3n) is 10.0. The minimum absolute atomic E-state index is 0.702. The summed E-state index contributed by atoms with van der Waals surface area (Å²) in [6, 6.07) is 54.1. The first-order chi connectivity index (χ1) is 24.8. The Morgan fingerprint density at radius 1 is 0.500 bits per heavy atom. The predicted molar refractivity (Wildman–Crippen MR) is 210 cm³/mol. The molecule has 0 amide bonds. The summed E-state index contributed by atoms with van der Waals surface area (Å²) < 4.78 is 2.28. The zero-order valence-electron chi connectivity index (χ0n) is 26.7. The molecule has 1 aliphatic heterocycles. The predicted octanol–water partition coefficient (Wildman–Crippen LogP) is 12.5. The Balaban J connectivity index is 1.12. The van der Waals surface area contributed by atoms with Crippen LogP contribution in [0.2, 0.25) is 0 Å². The lowest BCUT2D eigenvalue weighted by Crippen LogP contribution is -2.15. The number of pyridine rings is 1. The number of benzene rings is 7. The van der Waals surface area contributed by atoms with E-state index < -0.39 is 0 Å². The monoisotopic (exact) mass is 654 g/mol. The lowest BCUT2D eigenvalue weighted by molar-refractivity contribution is 1.23. The van der Waals surface area contributed by atoms with Gasteiger partial charge in [-0.3, -0.25) is 4.98 Å². The molecule has 0 unspecified atom stereocenters. The highest BCUT2D eigenvalue weighted by Gasteiger charge is 2.27. The largest absolute Gasteiger partial charge is 0.309 e. The van der Waals surface area contributed by atoms with Crippen molar-refractivity contribution in [3.05, 3.63) is 158 Å². The molecule has 0 fully saturated rings. The summed E-state index contributed by atoms with van der Waals surface area (Å²) in [7, 11) is 0. The first-order valence-electron chi connectivity index (χ1n) is 16.8. The van der Waals surface area contributed by atoms with E-state index in [9.17, 15) is 0 Å². The van der Waals surface area contributed by atoms with Gasteiger partial charge >= 0.3 is 0 Å². The van der Waals surface area contributed by atoms with Gasteiger partial charge in [0.25, 0.3) is 0 Å². The molecule has 0 saturated heterocycles. The maximum Gasteiger partial charge on any atom is 0.160 e. The second kappa shape index (κ2) is 10.5. The van der Waals surface area contributed by atoms with Crippen molar-refractivity contribution < 1.29 is 0 Å². The van der Waals surface area contributed by atoms with Gasteiger partial charge in [-0.25, -0.2) is 9.97 Å². The Morgan fingerprint density at radius 2 is 1.24 bits per heavy atom. The summed E-state index contributed by atoms with van der Waals surface area (Å²) >= 11 is 1.74. The van der Waals surface area contributed by atoms with Gasteiger partial charge in [-0.05, 0) is 70.3 Å². The Hall–Kier alpha value is -6.43. The third kappa shape index (κ3) is 3.95. The van der Waals surface area contributed by atoms with E-state index in [4.69, 9.17) is 15.0 Å². The Morgan fingerprint density at radius 3 is 2.14 bits per heavy atom. The lowest BCUT2D eigenvalue weighted by Gasteiger charge is -2.34. The minimum atomic E-state index is 0.702. The number of hydrogen-bond donors (Lipinski definition) is 0. The molecule has 7 aromatic carbocycles. The summed E-state index contributed by atoms with van der Waals surface area (Å²) in [5, 5.41) is 7.24. The van der Waals surface area contributed by atoms with Gasteiger partial charge in [0.05, 0.1) is 32.8 Å². The van der Waals surface area contributed by atoms with Crippen LogP contribution < -0.4 is 4.90 Å². The molecule has 0 atom stereocenters. The molecular formula is C45H26N4S. The van der Waals surface area contributed by atoms with Crippen LogP contribution in [-0.4, -0.2) is 15.0 Å². The molecule has 50 heavy (non-hydrogen) atoms. The van der Waals surface area contributed by atoms with Crippen LogP contribution in [0.3, 0.4) is 0 Å². The number of nitrogens with zero attached hydrogens (tertiary/aromatic N) is 4. The van der Waals surface area contributed by atoms with E-state index in [1.807, 2.05) is 12.3 Å². The molecule has 10 aromatic rings. The molecule has 4 nitrogen and oxygen atoms in total. The van der Waals surface area contributed by atoms with Crippen molar-refractivity contribution in [2.45, 2.75) is 0 Å². The van der Waals surface area contributed by atoms with Crippen LogP contribution in [0.15, 0.2) is 158 Å². The van der Waals surface area contributed by atoms with Crippen LogP contribution in [0.4, 0.5) is 17.1 Å². The van der Waals surface area contributed by atoms with Gasteiger partial charge in [0.2, 0.25) is 0 Å². The molecule has 3 aromatic heterocycles. The molecule has 5 heteroatoms. The van der Waals surface area contributed by atoms with Crippen molar-refractivity contribution in [2.24, 2.45) is 0 Å². The van der Waals surface area contributed by atoms with Gasteiger partial charge in [-0.2, -0.15) is 0 Å². The smallest absolute Gasteiger partial charge is 0.160 e. The quantitative estimate of drug-likeness (QED) is 0.190. The van der Waals surface area contributed by atoms with Crippen molar-refractivity contribution in [2.75, 3.05) is 4.90 Å². The number of aromatic nitrogens is 3. The first kappa shape index (κ1) is 27.5. The van der Waals surface area contributed by atoms with Crippen molar-refractivity contribution in [3.8, 4) is 33.8 Å². The second-order valence-electron chi connectivity index (χ2n) is 12.8. The summed E-state index contributed by atoms with van der Waals surface area (Å²) in [6.45, 7) is 0. The van der Waals surface area contributed by atoms with E-state index in [2.05, 4.69) is 150 Å². The summed E-state index contributed by atoms with van der Waals surface area (Å²) in [5.41, 5.74) is 10.8. The van der Waals surface area contributed by atoms with E-state index in [-0.39, 0.29) is 0 Å². The van der Waals surface area contributed by atoms with Crippen LogP contribution in [0, 0.1) is 0 Å². The highest BCUT2D eigenvalue weighted by atomic mass is 32.1. The number of para-hydroxylation sites is 1. The van der Waals surface area contributed by atoms with Crippen molar-refractivity contribution in [3.63, 3.8) is 0 Å². The normalized spacial score (nSPS) is 12.4. The summed E-state index contributed by atoms with van der Waals surface area (Å²) in [6.07, 6.45) is 1.86. The van der Waals surface area contributed by atoms with Gasteiger partial charge in [-0.1, -0.05) is 103 Å². The SMILES string of the molecule is c1ccc2c3c(ccc2c1)N(c1ccc(-c2nc(-c4cccc5cccnc45)c4sc5ccccc5c4n2)cc1)c1cccc2cccc-3c12. The molecule has 1 aliphatic rings. The van der Waals surface area contributed by atoms with Crippen LogP contribution in [0.1, 0.15) is 0 Å². The molecule has 0 saturated carbocycles. The van der Waals surface area contributed by atoms with E-state index in [1.54, 1.807) is 11.3 Å². The maximum absolute atomic E-state index is 5.31. The molecule has 0 spiro atoms. The van der Waals surface area contributed by atoms with E-state index in [1.165, 1.54) is 48.7 Å². The molecule has 4 heterocycles. The van der Waals surface area contributed by atoms with Crippen LogP contribution in [0.25, 0.3) is 86.5 Å². The van der Waals surface area contributed by atoms with Gasteiger partial charge in [0.15, 0.2) is 5.82 Å². The molecule has 0 aliphatic carbocycles. The Kier molecular flexibility index (Phi) is 5.80. The summed E-state index contributed by atoms with van der Waals surface area (Å²) in [5.74, 6) is 0.702. The molecule has 0 bridgehead atoms. The minimum Gasteiger partial charge on any atom is -0.309 e. The second-order valence-corrected chi connectivity index (χ2v) is 13.8.